The number of hydrogen-bond acceptors (Lipinski definition) is 2. The zero-order valence-corrected chi connectivity index (χ0v) is 13.9. The number of benzene rings is 2. The predicted molar refractivity (Wildman–Crippen MR) is 94.2 cm³/mol. The van der Waals surface area contributed by atoms with E-state index in [0.717, 1.165) is 24.1 Å². The third-order valence-corrected chi connectivity index (χ3v) is 4.28. The van der Waals surface area contributed by atoms with Crippen molar-refractivity contribution in [2.24, 2.45) is 0 Å². The van der Waals surface area contributed by atoms with Crippen LogP contribution in [0.15, 0.2) is 54.6 Å². The maximum absolute atomic E-state index is 14.1. The normalized spacial score (nSPS) is 13.7. The minimum Gasteiger partial charge on any atom is -0.348 e. The van der Waals surface area contributed by atoms with Crippen molar-refractivity contribution in [2.45, 2.75) is 25.8 Å². The van der Waals surface area contributed by atoms with Crippen molar-refractivity contribution in [3.63, 3.8) is 0 Å². The van der Waals surface area contributed by atoms with Gasteiger partial charge >= 0.3 is 0 Å². The highest BCUT2D eigenvalue weighted by atomic mass is 19.1. The molecule has 126 valence electrons. The molecular weight excluding hydrogens is 317 g/mol. The Morgan fingerprint density at radius 3 is 2.56 bits per heavy atom. The minimum atomic E-state index is -0.356. The minimum absolute atomic E-state index is 0.182. The molecule has 1 N–H and O–H groups in total. The largest absolute Gasteiger partial charge is 0.348 e. The van der Waals surface area contributed by atoms with Crippen LogP contribution in [0.5, 0.6) is 0 Å². The highest BCUT2D eigenvalue weighted by Gasteiger charge is 2.26. The van der Waals surface area contributed by atoms with Gasteiger partial charge in [0.2, 0.25) is 0 Å². The number of aryl methyl sites for hydroxylation is 1. The van der Waals surface area contributed by atoms with Crippen LogP contribution >= 0.6 is 0 Å². The van der Waals surface area contributed by atoms with E-state index >= 15 is 0 Å². The number of rotatable bonds is 4. The van der Waals surface area contributed by atoms with Crippen LogP contribution in [0, 0.1) is 12.7 Å². The van der Waals surface area contributed by atoms with Crippen LogP contribution in [0.25, 0.3) is 16.9 Å². The van der Waals surface area contributed by atoms with Crippen molar-refractivity contribution in [3.8, 4) is 16.9 Å². The topological polar surface area (TPSA) is 46.9 Å². The Hall–Kier alpha value is -2.95. The number of amides is 1. The summed E-state index contributed by atoms with van der Waals surface area (Å²) >= 11 is 0. The monoisotopic (exact) mass is 335 g/mol. The molecular formula is C20H18FN3O. The second-order valence-corrected chi connectivity index (χ2v) is 6.39. The van der Waals surface area contributed by atoms with Crippen molar-refractivity contribution in [1.29, 1.82) is 0 Å². The summed E-state index contributed by atoms with van der Waals surface area (Å²) in [7, 11) is 0. The average molecular weight is 335 g/mol. The molecule has 3 aromatic rings. The first kappa shape index (κ1) is 15.6. The van der Waals surface area contributed by atoms with Crippen LogP contribution in [0.3, 0.4) is 0 Å². The quantitative estimate of drug-likeness (QED) is 0.786. The van der Waals surface area contributed by atoms with Crippen molar-refractivity contribution < 1.29 is 9.18 Å². The smallest absolute Gasteiger partial charge is 0.270 e. The molecule has 0 bridgehead atoms. The van der Waals surface area contributed by atoms with Gasteiger partial charge in [-0.15, -0.1) is 0 Å². The summed E-state index contributed by atoms with van der Waals surface area (Å²) in [5.74, 6) is -0.539. The summed E-state index contributed by atoms with van der Waals surface area (Å²) in [4.78, 5) is 12.6. The van der Waals surface area contributed by atoms with Gasteiger partial charge in [-0.3, -0.25) is 4.79 Å². The maximum Gasteiger partial charge on any atom is 0.270 e. The Balaban J connectivity index is 1.81. The molecule has 2 aromatic carbocycles. The van der Waals surface area contributed by atoms with E-state index in [1.54, 1.807) is 28.9 Å². The third kappa shape index (κ3) is 3.18. The molecule has 1 aliphatic carbocycles. The molecule has 0 spiro atoms. The number of nitrogens with zero attached hydrogens (tertiary/aromatic N) is 2. The maximum atomic E-state index is 14.1. The second-order valence-electron chi connectivity index (χ2n) is 6.39. The molecule has 0 atom stereocenters. The van der Waals surface area contributed by atoms with Crippen molar-refractivity contribution >= 4 is 5.91 Å². The summed E-state index contributed by atoms with van der Waals surface area (Å²) in [6.45, 7) is 2.00. The highest BCUT2D eigenvalue weighted by Crippen LogP contribution is 2.25. The van der Waals surface area contributed by atoms with Gasteiger partial charge in [-0.05, 0) is 50.1 Å². The lowest BCUT2D eigenvalue weighted by Crippen LogP contribution is -2.27. The van der Waals surface area contributed by atoms with Crippen LogP contribution in [0.2, 0.25) is 0 Å². The van der Waals surface area contributed by atoms with E-state index in [2.05, 4.69) is 10.4 Å². The molecule has 4 nitrogen and oxygen atoms in total. The molecule has 1 aliphatic rings. The fourth-order valence-corrected chi connectivity index (χ4v) is 2.71. The second kappa shape index (κ2) is 6.16. The summed E-state index contributed by atoms with van der Waals surface area (Å²) in [6, 6.07) is 16.1. The van der Waals surface area contributed by atoms with Crippen LogP contribution < -0.4 is 5.32 Å². The Kier molecular flexibility index (Phi) is 3.84. The molecule has 0 saturated heterocycles. The number of halogens is 1. The molecule has 0 unspecified atom stereocenters. The Morgan fingerprint density at radius 2 is 1.88 bits per heavy atom. The zero-order valence-electron chi connectivity index (χ0n) is 13.9. The van der Waals surface area contributed by atoms with Crippen LogP contribution in [0.4, 0.5) is 4.39 Å². The Labute approximate surface area is 145 Å². The van der Waals surface area contributed by atoms with Crippen LogP contribution in [0.1, 0.15) is 28.9 Å². The van der Waals surface area contributed by atoms with Crippen molar-refractivity contribution in [1.82, 2.24) is 15.1 Å². The lowest BCUT2D eigenvalue weighted by molar-refractivity contribution is 0.0943. The first-order valence-corrected chi connectivity index (χ1v) is 8.35. The molecule has 0 aliphatic heterocycles. The van der Waals surface area contributed by atoms with E-state index in [-0.39, 0.29) is 17.8 Å². The van der Waals surface area contributed by atoms with Gasteiger partial charge in [0.25, 0.3) is 5.91 Å². The number of nitrogens with one attached hydrogen (secondary N) is 1. The number of carbonyl (C=O) groups excluding carboxylic acids is 1. The molecule has 1 aromatic heterocycles. The molecule has 0 radical (unpaired) electrons. The van der Waals surface area contributed by atoms with E-state index in [9.17, 15) is 9.18 Å². The Bertz CT molecular complexity index is 926. The van der Waals surface area contributed by atoms with Gasteiger partial charge in [-0.25, -0.2) is 9.07 Å². The molecule has 4 rings (SSSR count). The standard InChI is InChI=1S/C20H18FN3O/c1-13-6-10-15(11-7-13)24-19(20(25)22-14-8-9-14)12-18(23-24)16-4-2-3-5-17(16)21/h2-7,10-12,14H,8-9H2,1H3,(H,22,25). The summed E-state index contributed by atoms with van der Waals surface area (Å²) in [6.07, 6.45) is 2.01. The lowest BCUT2D eigenvalue weighted by Gasteiger charge is -2.08. The molecule has 5 heteroatoms. The van der Waals surface area contributed by atoms with Gasteiger partial charge in [0, 0.05) is 11.6 Å². The van der Waals surface area contributed by atoms with Gasteiger partial charge in [-0.1, -0.05) is 29.8 Å². The molecule has 1 amide bonds. The van der Waals surface area contributed by atoms with E-state index in [0.29, 0.717) is 17.0 Å². The Morgan fingerprint density at radius 1 is 1.16 bits per heavy atom. The third-order valence-electron chi connectivity index (χ3n) is 4.28. The first-order valence-electron chi connectivity index (χ1n) is 8.35. The molecule has 25 heavy (non-hydrogen) atoms. The SMILES string of the molecule is Cc1ccc(-n2nc(-c3ccccc3F)cc2C(=O)NC2CC2)cc1. The molecule has 1 fully saturated rings. The zero-order chi connectivity index (χ0) is 17.4. The number of hydrogen-bond donors (Lipinski definition) is 1. The summed E-state index contributed by atoms with van der Waals surface area (Å²) in [5.41, 5.74) is 3.13. The van der Waals surface area contributed by atoms with Crippen molar-refractivity contribution in [3.05, 3.63) is 71.7 Å². The van der Waals surface area contributed by atoms with Crippen molar-refractivity contribution in [2.75, 3.05) is 0 Å². The number of aromatic nitrogens is 2. The van der Waals surface area contributed by atoms with E-state index in [1.807, 2.05) is 31.2 Å². The van der Waals surface area contributed by atoms with E-state index in [1.165, 1.54) is 6.07 Å². The van der Waals surface area contributed by atoms with Gasteiger partial charge < -0.3 is 5.32 Å². The van der Waals surface area contributed by atoms with Gasteiger partial charge in [0.1, 0.15) is 11.5 Å². The summed E-state index contributed by atoms with van der Waals surface area (Å²) < 4.78 is 15.7. The van der Waals surface area contributed by atoms with Gasteiger partial charge in [0.05, 0.1) is 11.4 Å². The lowest BCUT2D eigenvalue weighted by atomic mass is 10.1. The fourth-order valence-electron chi connectivity index (χ4n) is 2.71. The molecule has 1 saturated carbocycles. The van der Waals surface area contributed by atoms with Crippen LogP contribution in [-0.4, -0.2) is 21.7 Å². The highest BCUT2D eigenvalue weighted by molar-refractivity contribution is 5.94. The fraction of sp³-hybridized carbons (Fsp3) is 0.200. The van der Waals surface area contributed by atoms with E-state index in [4.69, 9.17) is 0 Å². The summed E-state index contributed by atoms with van der Waals surface area (Å²) in [5, 5.41) is 7.48. The van der Waals surface area contributed by atoms with Gasteiger partial charge in [-0.2, -0.15) is 5.10 Å². The first-order chi connectivity index (χ1) is 12.1. The predicted octanol–water partition coefficient (Wildman–Crippen LogP) is 3.88. The molecule has 1 heterocycles. The van der Waals surface area contributed by atoms with Crippen LogP contribution in [-0.2, 0) is 0 Å². The number of carbonyl (C=O) groups is 1. The average Bonchev–Trinajstić information content (AvgIpc) is 3.31. The van der Waals surface area contributed by atoms with Gasteiger partial charge in [0.15, 0.2) is 0 Å². The van der Waals surface area contributed by atoms with E-state index < -0.39 is 0 Å².